The molecule has 1 aliphatic heterocycles. The summed E-state index contributed by atoms with van der Waals surface area (Å²) >= 11 is 0. The van der Waals surface area contributed by atoms with E-state index in [0.717, 1.165) is 10.3 Å². The normalized spacial score (nSPS) is 12.3. The van der Waals surface area contributed by atoms with Gasteiger partial charge in [0.2, 0.25) is 0 Å². The Labute approximate surface area is 240 Å². The Hall–Kier alpha value is -5.83. The summed E-state index contributed by atoms with van der Waals surface area (Å²) in [5.74, 6) is -0.0985. The van der Waals surface area contributed by atoms with Crippen LogP contribution in [0.5, 0.6) is 11.5 Å². The molecule has 5 aromatic carbocycles. The molecule has 0 unspecified atom stereocenters. The zero-order valence-electron chi connectivity index (χ0n) is 22.2. The number of hydrogen-bond acceptors (Lipinski definition) is 6. The molecule has 9 heteroatoms. The molecule has 42 heavy (non-hydrogen) atoms. The number of hydrogen-bond donors (Lipinski definition) is 0. The van der Waals surface area contributed by atoms with Gasteiger partial charge in [0.15, 0.2) is 0 Å². The van der Waals surface area contributed by atoms with Crippen LogP contribution in [-0.4, -0.2) is 40.6 Å². The van der Waals surface area contributed by atoms with Gasteiger partial charge in [-0.05, 0) is 66.0 Å². The first kappa shape index (κ1) is 26.4. The van der Waals surface area contributed by atoms with Crippen LogP contribution >= 0.6 is 0 Å². The molecule has 6 rings (SSSR count). The van der Waals surface area contributed by atoms with Crippen molar-refractivity contribution in [1.82, 2.24) is 4.90 Å². The second-order valence-electron chi connectivity index (χ2n) is 9.64. The molecular weight excluding hydrogens is 534 g/mol. The molecular formula is C33H23N3O6. The Bertz CT molecular complexity index is 1790. The van der Waals surface area contributed by atoms with Crippen LogP contribution in [0.15, 0.2) is 115 Å². The smallest absolute Gasteiger partial charge is 0.269 e. The molecule has 9 nitrogen and oxygen atoms in total. The van der Waals surface area contributed by atoms with Gasteiger partial charge in [0, 0.05) is 53.0 Å². The highest BCUT2D eigenvalue weighted by atomic mass is 16.6. The van der Waals surface area contributed by atoms with Crippen molar-refractivity contribution in [3.63, 3.8) is 0 Å². The number of amides is 3. The summed E-state index contributed by atoms with van der Waals surface area (Å²) in [6.45, 7) is -0.0757. The van der Waals surface area contributed by atoms with Gasteiger partial charge in [-0.3, -0.25) is 29.4 Å². The van der Waals surface area contributed by atoms with Crippen molar-refractivity contribution in [2.45, 2.75) is 0 Å². The average molecular weight is 558 g/mol. The Morgan fingerprint density at radius 3 is 1.93 bits per heavy atom. The second kappa shape index (κ2) is 11.0. The predicted octanol–water partition coefficient (Wildman–Crippen LogP) is 6.48. The van der Waals surface area contributed by atoms with Crippen LogP contribution < -0.4 is 9.64 Å². The minimum Gasteiger partial charge on any atom is -0.457 e. The SMILES string of the molecule is O=C1c2cccc3cccc(c23)C(=O)N1CCN(C(=O)c1ccc([N+](=O)[O-])cc1)c1ccc(Oc2ccccc2)cc1. The summed E-state index contributed by atoms with van der Waals surface area (Å²) in [7, 11) is 0. The number of rotatable bonds is 8. The van der Waals surface area contributed by atoms with Crippen molar-refractivity contribution in [2.75, 3.05) is 18.0 Å². The molecule has 5 aromatic rings. The van der Waals surface area contributed by atoms with Crippen LogP contribution in [0.2, 0.25) is 0 Å². The van der Waals surface area contributed by atoms with E-state index in [0.29, 0.717) is 33.7 Å². The van der Waals surface area contributed by atoms with E-state index in [1.165, 1.54) is 29.2 Å². The molecule has 3 amide bonds. The zero-order valence-corrected chi connectivity index (χ0v) is 22.2. The van der Waals surface area contributed by atoms with Crippen LogP contribution in [0.1, 0.15) is 31.1 Å². The molecule has 206 valence electrons. The molecule has 0 radical (unpaired) electrons. The average Bonchev–Trinajstić information content (AvgIpc) is 3.02. The summed E-state index contributed by atoms with van der Waals surface area (Å²) in [6, 6.07) is 32.0. The number of nitrogens with zero attached hydrogens (tertiary/aromatic N) is 3. The van der Waals surface area contributed by atoms with Gasteiger partial charge in [0.05, 0.1) is 4.92 Å². The predicted molar refractivity (Wildman–Crippen MR) is 157 cm³/mol. The molecule has 0 aliphatic carbocycles. The monoisotopic (exact) mass is 557 g/mol. The highest BCUT2D eigenvalue weighted by Gasteiger charge is 2.33. The molecule has 1 aliphatic rings. The van der Waals surface area contributed by atoms with Gasteiger partial charge in [-0.2, -0.15) is 0 Å². The van der Waals surface area contributed by atoms with Crippen LogP contribution in [0.4, 0.5) is 11.4 Å². The van der Waals surface area contributed by atoms with Crippen molar-refractivity contribution in [2.24, 2.45) is 0 Å². The summed E-state index contributed by atoms with van der Waals surface area (Å²) in [6.07, 6.45) is 0. The number of non-ortho nitro benzene ring substituents is 1. The van der Waals surface area contributed by atoms with Crippen LogP contribution in [0.3, 0.4) is 0 Å². The van der Waals surface area contributed by atoms with Gasteiger partial charge < -0.3 is 9.64 Å². The first-order valence-electron chi connectivity index (χ1n) is 13.2. The molecule has 0 aromatic heterocycles. The van der Waals surface area contributed by atoms with E-state index in [4.69, 9.17) is 4.74 Å². The molecule has 0 saturated heterocycles. The number of carbonyl (C=O) groups excluding carboxylic acids is 3. The lowest BCUT2D eigenvalue weighted by molar-refractivity contribution is -0.384. The number of imide groups is 1. The third-order valence-electron chi connectivity index (χ3n) is 7.10. The standard InChI is InChI=1S/C33H23N3O6/c37-31(23-12-14-25(15-13-23)36(40)41)34(24-16-18-27(19-17-24)42-26-8-2-1-3-9-26)20-21-35-32(38)28-10-4-6-22-7-5-11-29(30(22)28)33(35)39/h1-19H,20-21H2. The van der Waals surface area contributed by atoms with E-state index in [2.05, 4.69) is 0 Å². The molecule has 0 bridgehead atoms. The van der Waals surface area contributed by atoms with E-state index in [9.17, 15) is 24.5 Å². The number of anilines is 1. The van der Waals surface area contributed by atoms with Crippen molar-refractivity contribution in [1.29, 1.82) is 0 Å². The first-order valence-corrected chi connectivity index (χ1v) is 13.2. The fraction of sp³-hybridized carbons (Fsp3) is 0.0606. The van der Waals surface area contributed by atoms with Gasteiger partial charge in [0.1, 0.15) is 11.5 Å². The van der Waals surface area contributed by atoms with E-state index in [1.807, 2.05) is 42.5 Å². The summed E-state index contributed by atoms with van der Waals surface area (Å²) in [5.41, 5.74) is 1.43. The van der Waals surface area contributed by atoms with E-state index < -0.39 is 22.6 Å². The second-order valence-corrected chi connectivity index (χ2v) is 9.64. The maximum atomic E-state index is 13.7. The molecule has 0 saturated carbocycles. The quantitative estimate of drug-likeness (QED) is 0.123. The van der Waals surface area contributed by atoms with E-state index in [-0.39, 0.29) is 24.3 Å². The minimum atomic E-state index is -0.538. The Balaban J connectivity index is 1.29. The minimum absolute atomic E-state index is 0.00959. The molecule has 0 N–H and O–H groups in total. The van der Waals surface area contributed by atoms with Crippen molar-refractivity contribution in [3.05, 3.63) is 142 Å². The number of ether oxygens (including phenoxy) is 1. The van der Waals surface area contributed by atoms with Gasteiger partial charge in [-0.25, -0.2) is 0 Å². The van der Waals surface area contributed by atoms with Crippen molar-refractivity contribution >= 4 is 39.9 Å². The van der Waals surface area contributed by atoms with Gasteiger partial charge >= 0.3 is 0 Å². The largest absolute Gasteiger partial charge is 0.457 e. The molecule has 1 heterocycles. The highest BCUT2D eigenvalue weighted by Crippen LogP contribution is 2.31. The first-order chi connectivity index (χ1) is 20.4. The van der Waals surface area contributed by atoms with Gasteiger partial charge in [-0.15, -0.1) is 0 Å². The zero-order chi connectivity index (χ0) is 29.2. The lowest BCUT2D eigenvalue weighted by atomic mass is 9.94. The van der Waals surface area contributed by atoms with Crippen molar-refractivity contribution in [3.8, 4) is 11.5 Å². The molecule has 0 atom stereocenters. The maximum absolute atomic E-state index is 13.7. The number of para-hydroxylation sites is 1. The van der Waals surface area contributed by atoms with Crippen LogP contribution in [0.25, 0.3) is 10.8 Å². The van der Waals surface area contributed by atoms with Crippen molar-refractivity contribution < 1.29 is 24.0 Å². The summed E-state index contributed by atoms with van der Waals surface area (Å²) in [5, 5.41) is 12.6. The number of carbonyl (C=O) groups is 3. The Morgan fingerprint density at radius 1 is 0.738 bits per heavy atom. The van der Waals surface area contributed by atoms with Gasteiger partial charge in [-0.1, -0.05) is 42.5 Å². The topological polar surface area (TPSA) is 110 Å². The van der Waals surface area contributed by atoms with Gasteiger partial charge in [0.25, 0.3) is 23.4 Å². The number of nitro groups is 1. The Morgan fingerprint density at radius 2 is 1.33 bits per heavy atom. The van der Waals surface area contributed by atoms with Crippen LogP contribution in [0, 0.1) is 10.1 Å². The molecule has 0 fully saturated rings. The Kier molecular flexibility index (Phi) is 6.90. The summed E-state index contributed by atoms with van der Waals surface area (Å²) < 4.78 is 5.87. The lowest BCUT2D eigenvalue weighted by Gasteiger charge is -2.30. The van der Waals surface area contributed by atoms with E-state index >= 15 is 0 Å². The fourth-order valence-corrected chi connectivity index (χ4v) is 5.03. The lowest BCUT2D eigenvalue weighted by Crippen LogP contribution is -2.46. The number of benzene rings is 5. The van der Waals surface area contributed by atoms with Crippen LogP contribution in [-0.2, 0) is 0 Å². The third-order valence-corrected chi connectivity index (χ3v) is 7.10. The maximum Gasteiger partial charge on any atom is 0.269 e. The fourth-order valence-electron chi connectivity index (χ4n) is 5.03. The third kappa shape index (κ3) is 4.95. The molecule has 0 spiro atoms. The van der Waals surface area contributed by atoms with E-state index in [1.54, 1.807) is 48.5 Å². The number of nitro benzene ring substituents is 1. The highest BCUT2D eigenvalue weighted by molar-refractivity contribution is 6.25. The summed E-state index contributed by atoms with van der Waals surface area (Å²) in [4.78, 5) is 53.8.